The summed E-state index contributed by atoms with van der Waals surface area (Å²) in [6.45, 7) is 0.499. The molecule has 19 heavy (non-hydrogen) atoms. The second kappa shape index (κ2) is 7.20. The number of terminal acetylenes is 1. The van der Waals surface area contributed by atoms with Crippen molar-refractivity contribution in [2.45, 2.75) is 6.10 Å². The Bertz CT molecular complexity index is 549. The highest BCUT2D eigenvalue weighted by atomic mass is 16.5. The van der Waals surface area contributed by atoms with Crippen LogP contribution in [0.5, 0.6) is 0 Å². The molecule has 0 heterocycles. The van der Waals surface area contributed by atoms with Crippen molar-refractivity contribution in [2.24, 2.45) is 0 Å². The highest BCUT2D eigenvalue weighted by molar-refractivity contribution is 5.48. The Kier molecular flexibility index (Phi) is 4.98. The maximum atomic E-state index is 5.68. The van der Waals surface area contributed by atoms with Gasteiger partial charge in [0.1, 0.15) is 6.10 Å². The van der Waals surface area contributed by atoms with Gasteiger partial charge in [0.2, 0.25) is 0 Å². The lowest BCUT2D eigenvalue weighted by atomic mass is 10.1. The van der Waals surface area contributed by atoms with Crippen molar-refractivity contribution in [2.75, 3.05) is 6.61 Å². The van der Waals surface area contributed by atoms with Gasteiger partial charge < -0.3 is 4.74 Å². The van der Waals surface area contributed by atoms with E-state index in [-0.39, 0.29) is 6.10 Å². The van der Waals surface area contributed by atoms with Gasteiger partial charge in [-0.3, -0.25) is 0 Å². The fourth-order valence-electron chi connectivity index (χ4n) is 1.77. The molecule has 0 saturated carbocycles. The zero-order valence-electron chi connectivity index (χ0n) is 10.7. The van der Waals surface area contributed by atoms with Crippen LogP contribution in [0.2, 0.25) is 0 Å². The smallest absolute Gasteiger partial charge is 0.143 e. The molecule has 1 heteroatoms. The highest BCUT2D eigenvalue weighted by Crippen LogP contribution is 2.15. The molecule has 1 unspecified atom stereocenters. The van der Waals surface area contributed by atoms with E-state index in [1.54, 1.807) is 0 Å². The summed E-state index contributed by atoms with van der Waals surface area (Å²) >= 11 is 0. The summed E-state index contributed by atoms with van der Waals surface area (Å²) in [5.41, 5.74) is 2.17. The molecule has 0 aliphatic heterocycles. The topological polar surface area (TPSA) is 9.23 Å². The van der Waals surface area contributed by atoms with Crippen molar-refractivity contribution >= 4 is 6.08 Å². The van der Waals surface area contributed by atoms with E-state index in [1.165, 1.54) is 0 Å². The summed E-state index contributed by atoms with van der Waals surface area (Å²) in [6, 6.07) is 20.0. The summed E-state index contributed by atoms with van der Waals surface area (Å²) in [5.74, 6) is 2.66. The predicted molar refractivity (Wildman–Crippen MR) is 79.4 cm³/mol. The molecule has 0 amide bonds. The molecule has 2 aromatic carbocycles. The van der Waals surface area contributed by atoms with Crippen LogP contribution in [0.3, 0.4) is 0 Å². The SMILES string of the molecule is C#CC(OC/C=C\c1ccccc1)c1ccccc1. The van der Waals surface area contributed by atoms with Crippen molar-refractivity contribution in [3.05, 3.63) is 77.9 Å². The van der Waals surface area contributed by atoms with Gasteiger partial charge in [0.15, 0.2) is 0 Å². The first-order valence-corrected chi connectivity index (χ1v) is 6.24. The van der Waals surface area contributed by atoms with E-state index >= 15 is 0 Å². The number of rotatable bonds is 5. The average Bonchev–Trinajstić information content (AvgIpc) is 2.49. The third-order valence-electron chi connectivity index (χ3n) is 2.72. The molecule has 0 aliphatic rings. The molecule has 0 aliphatic carbocycles. The molecule has 0 radical (unpaired) electrons. The van der Waals surface area contributed by atoms with Gasteiger partial charge in [0.25, 0.3) is 0 Å². The Morgan fingerprint density at radius 1 is 1.00 bits per heavy atom. The molecular weight excluding hydrogens is 232 g/mol. The lowest BCUT2D eigenvalue weighted by molar-refractivity contribution is 0.117. The molecule has 2 aromatic rings. The van der Waals surface area contributed by atoms with Crippen LogP contribution < -0.4 is 0 Å². The van der Waals surface area contributed by atoms with Crippen LogP contribution in [0.4, 0.5) is 0 Å². The van der Waals surface area contributed by atoms with Crippen molar-refractivity contribution in [1.82, 2.24) is 0 Å². The minimum atomic E-state index is -0.290. The number of ether oxygens (including phenoxy) is 1. The van der Waals surface area contributed by atoms with Crippen molar-refractivity contribution in [3.8, 4) is 12.3 Å². The Morgan fingerprint density at radius 2 is 1.63 bits per heavy atom. The molecule has 0 fully saturated rings. The second-order valence-electron chi connectivity index (χ2n) is 4.10. The van der Waals surface area contributed by atoms with Crippen LogP contribution in [0, 0.1) is 12.3 Å². The number of hydrogen-bond acceptors (Lipinski definition) is 1. The molecule has 1 atom stereocenters. The molecule has 1 nitrogen and oxygen atoms in total. The third kappa shape index (κ3) is 4.13. The monoisotopic (exact) mass is 248 g/mol. The molecule has 0 spiro atoms. The third-order valence-corrected chi connectivity index (χ3v) is 2.72. The van der Waals surface area contributed by atoms with Gasteiger partial charge in [-0.1, -0.05) is 78.7 Å². The average molecular weight is 248 g/mol. The fourth-order valence-corrected chi connectivity index (χ4v) is 1.77. The summed E-state index contributed by atoms with van der Waals surface area (Å²) in [4.78, 5) is 0. The number of benzene rings is 2. The van der Waals surface area contributed by atoms with Crippen molar-refractivity contribution in [1.29, 1.82) is 0 Å². The molecule has 0 bridgehead atoms. The lowest BCUT2D eigenvalue weighted by Gasteiger charge is -2.10. The van der Waals surface area contributed by atoms with Crippen LogP contribution >= 0.6 is 0 Å². The van der Waals surface area contributed by atoms with Gasteiger partial charge in [-0.2, -0.15) is 0 Å². The number of hydrogen-bond donors (Lipinski definition) is 0. The second-order valence-corrected chi connectivity index (χ2v) is 4.10. The van der Waals surface area contributed by atoms with E-state index in [9.17, 15) is 0 Å². The highest BCUT2D eigenvalue weighted by Gasteiger charge is 2.05. The van der Waals surface area contributed by atoms with Crippen LogP contribution in [0.1, 0.15) is 17.2 Å². The Labute approximate surface area is 114 Å². The molecule has 2 rings (SSSR count). The minimum Gasteiger partial charge on any atom is -0.357 e. The van der Waals surface area contributed by atoms with E-state index in [0.717, 1.165) is 11.1 Å². The predicted octanol–water partition coefficient (Wildman–Crippen LogP) is 4.09. The van der Waals surface area contributed by atoms with E-state index in [0.29, 0.717) is 6.61 Å². The van der Waals surface area contributed by atoms with Crippen molar-refractivity contribution < 1.29 is 4.74 Å². The van der Waals surface area contributed by atoms with Gasteiger partial charge in [0.05, 0.1) is 6.61 Å². The molecule has 0 aromatic heterocycles. The fraction of sp³-hybridized carbons (Fsp3) is 0.111. The summed E-state index contributed by atoms with van der Waals surface area (Å²) < 4.78 is 5.68. The summed E-state index contributed by atoms with van der Waals surface area (Å²) in [7, 11) is 0. The van der Waals surface area contributed by atoms with Gasteiger partial charge in [-0.25, -0.2) is 0 Å². The molecule has 0 N–H and O–H groups in total. The van der Waals surface area contributed by atoms with Gasteiger partial charge in [-0.15, -0.1) is 6.42 Å². The van der Waals surface area contributed by atoms with Gasteiger partial charge in [0, 0.05) is 0 Å². The van der Waals surface area contributed by atoms with Crippen LogP contribution in [0.15, 0.2) is 66.7 Å². The van der Waals surface area contributed by atoms with Gasteiger partial charge >= 0.3 is 0 Å². The first kappa shape index (κ1) is 13.1. The van der Waals surface area contributed by atoms with Gasteiger partial charge in [-0.05, 0) is 11.1 Å². The van der Waals surface area contributed by atoms with E-state index < -0.39 is 0 Å². The van der Waals surface area contributed by atoms with Crippen LogP contribution in [0.25, 0.3) is 6.08 Å². The van der Waals surface area contributed by atoms with E-state index in [4.69, 9.17) is 11.2 Å². The zero-order chi connectivity index (χ0) is 13.3. The largest absolute Gasteiger partial charge is 0.357 e. The van der Waals surface area contributed by atoms with E-state index in [1.807, 2.05) is 72.8 Å². The minimum absolute atomic E-state index is 0.290. The first-order valence-electron chi connectivity index (χ1n) is 6.24. The summed E-state index contributed by atoms with van der Waals surface area (Å²) in [5, 5.41) is 0. The first-order chi connectivity index (χ1) is 9.40. The Balaban J connectivity index is 1.88. The maximum Gasteiger partial charge on any atom is 0.143 e. The van der Waals surface area contributed by atoms with Crippen molar-refractivity contribution in [3.63, 3.8) is 0 Å². The standard InChI is InChI=1S/C18H16O/c1-2-18(17-13-7-4-8-14-17)19-15-9-12-16-10-5-3-6-11-16/h1,3-14,18H,15H2/b12-9-. The Morgan fingerprint density at radius 3 is 2.26 bits per heavy atom. The molecule has 0 saturated heterocycles. The lowest BCUT2D eigenvalue weighted by Crippen LogP contribution is -2.01. The van der Waals surface area contributed by atoms with Crippen LogP contribution in [-0.4, -0.2) is 6.61 Å². The van der Waals surface area contributed by atoms with E-state index in [2.05, 4.69) is 5.92 Å². The maximum absolute atomic E-state index is 5.68. The quantitative estimate of drug-likeness (QED) is 0.724. The van der Waals surface area contributed by atoms with Crippen LogP contribution in [-0.2, 0) is 4.74 Å². The zero-order valence-corrected chi connectivity index (χ0v) is 10.7. The summed E-state index contributed by atoms with van der Waals surface area (Å²) in [6.07, 6.45) is 9.21. The molecule has 94 valence electrons. The normalized spacial score (nSPS) is 12.2. The molecular formula is C18H16O. The Hall–Kier alpha value is -2.30.